The first kappa shape index (κ1) is 18.0. The molecule has 0 aliphatic carbocycles. The van der Waals surface area contributed by atoms with Crippen molar-refractivity contribution in [2.75, 3.05) is 7.11 Å². The van der Waals surface area contributed by atoms with Crippen molar-refractivity contribution in [2.24, 2.45) is 0 Å². The van der Waals surface area contributed by atoms with Crippen LogP contribution in [0.2, 0.25) is 0 Å². The molecule has 0 unspecified atom stereocenters. The molecule has 2 aromatic carbocycles. The van der Waals surface area contributed by atoms with Crippen LogP contribution in [0.1, 0.15) is 20.8 Å². The van der Waals surface area contributed by atoms with E-state index >= 15 is 0 Å². The molecule has 0 saturated carbocycles. The molecule has 0 amide bonds. The Morgan fingerprint density at radius 2 is 1.74 bits per heavy atom. The second-order valence-corrected chi connectivity index (χ2v) is 10.1. The van der Waals surface area contributed by atoms with Gasteiger partial charge in [-0.25, -0.2) is 0 Å². The molecule has 0 radical (unpaired) electrons. The maximum atomic E-state index is 12.7. The molecule has 0 aliphatic heterocycles. The van der Waals surface area contributed by atoms with E-state index in [2.05, 4.69) is 4.72 Å². The van der Waals surface area contributed by atoms with Crippen molar-refractivity contribution < 1.29 is 13.2 Å². The maximum absolute atomic E-state index is 12.7. The van der Waals surface area contributed by atoms with Crippen molar-refractivity contribution in [3.8, 4) is 5.75 Å². The van der Waals surface area contributed by atoms with E-state index in [1.54, 1.807) is 19.2 Å². The normalized spacial score (nSPS) is 12.2. The Labute approximate surface area is 144 Å². The number of benzene rings is 2. The predicted octanol–water partition coefficient (Wildman–Crippen LogP) is 1.43. The van der Waals surface area contributed by atoms with Gasteiger partial charge in [-0.1, -0.05) is 0 Å². The standard InChI is InChI=1S/C17H21NO3SSe/c1-17(2,3)18-22(19,20)15-10-5-6-11-16(15)23-14-9-7-8-13(12-14)21-4/h5-12,18H,1-4H3. The van der Waals surface area contributed by atoms with E-state index in [0.29, 0.717) is 4.90 Å². The second-order valence-electron chi connectivity index (χ2n) is 6.08. The molecule has 0 spiro atoms. The van der Waals surface area contributed by atoms with Crippen LogP contribution in [0.15, 0.2) is 53.4 Å². The van der Waals surface area contributed by atoms with Crippen LogP contribution in [0.4, 0.5) is 0 Å². The average Bonchev–Trinajstić information content (AvgIpc) is 2.45. The second kappa shape index (κ2) is 7.05. The van der Waals surface area contributed by atoms with Crippen molar-refractivity contribution in [3.05, 3.63) is 48.5 Å². The van der Waals surface area contributed by atoms with Gasteiger partial charge in [0.1, 0.15) is 0 Å². The third kappa shape index (κ3) is 5.08. The van der Waals surface area contributed by atoms with Gasteiger partial charge in [0.2, 0.25) is 0 Å². The molecule has 0 saturated heterocycles. The van der Waals surface area contributed by atoms with Gasteiger partial charge < -0.3 is 0 Å². The van der Waals surface area contributed by atoms with Crippen molar-refractivity contribution in [3.63, 3.8) is 0 Å². The third-order valence-electron chi connectivity index (χ3n) is 2.85. The van der Waals surface area contributed by atoms with Crippen LogP contribution in [0, 0.1) is 0 Å². The molecule has 2 rings (SSSR count). The van der Waals surface area contributed by atoms with Gasteiger partial charge in [0, 0.05) is 0 Å². The number of hydrogen-bond acceptors (Lipinski definition) is 3. The van der Waals surface area contributed by atoms with Crippen molar-refractivity contribution in [1.82, 2.24) is 4.72 Å². The van der Waals surface area contributed by atoms with Gasteiger partial charge in [-0.05, 0) is 0 Å². The summed E-state index contributed by atoms with van der Waals surface area (Å²) in [6.45, 7) is 5.50. The van der Waals surface area contributed by atoms with E-state index in [1.807, 2.05) is 57.2 Å². The third-order valence-corrected chi connectivity index (χ3v) is 7.19. The van der Waals surface area contributed by atoms with Crippen LogP contribution in [0.5, 0.6) is 5.75 Å². The van der Waals surface area contributed by atoms with E-state index in [0.717, 1.165) is 14.7 Å². The Balaban J connectivity index is 2.38. The fraction of sp³-hybridized carbons (Fsp3) is 0.294. The summed E-state index contributed by atoms with van der Waals surface area (Å²) >= 11 is -0.127. The number of methoxy groups -OCH3 is 1. The number of nitrogens with one attached hydrogen (secondary N) is 1. The molecule has 2 aromatic rings. The molecule has 0 fully saturated rings. The first-order valence-electron chi connectivity index (χ1n) is 7.16. The van der Waals surface area contributed by atoms with Gasteiger partial charge in [0.25, 0.3) is 0 Å². The Bertz CT molecular complexity index is 782. The summed E-state index contributed by atoms with van der Waals surface area (Å²) in [7, 11) is -1.93. The van der Waals surface area contributed by atoms with Crippen LogP contribution >= 0.6 is 0 Å². The quantitative estimate of drug-likeness (QED) is 0.776. The van der Waals surface area contributed by atoms with Gasteiger partial charge >= 0.3 is 144 Å². The zero-order chi connectivity index (χ0) is 17.1. The van der Waals surface area contributed by atoms with Crippen molar-refractivity contribution in [1.29, 1.82) is 0 Å². The summed E-state index contributed by atoms with van der Waals surface area (Å²) in [6.07, 6.45) is 0. The Kier molecular flexibility index (Phi) is 5.53. The number of sulfonamides is 1. The molecule has 124 valence electrons. The molecule has 0 atom stereocenters. The summed E-state index contributed by atoms with van der Waals surface area (Å²) in [6, 6.07) is 14.9. The van der Waals surface area contributed by atoms with Crippen LogP contribution in [-0.4, -0.2) is 36.0 Å². The number of ether oxygens (including phenoxy) is 1. The van der Waals surface area contributed by atoms with Crippen LogP contribution in [-0.2, 0) is 10.0 Å². The summed E-state index contributed by atoms with van der Waals surface area (Å²) in [5, 5.41) is 0. The Morgan fingerprint density at radius 3 is 2.39 bits per heavy atom. The molecule has 6 heteroatoms. The zero-order valence-electron chi connectivity index (χ0n) is 13.7. The van der Waals surface area contributed by atoms with Crippen LogP contribution in [0.3, 0.4) is 0 Å². The van der Waals surface area contributed by atoms with Crippen LogP contribution in [0.25, 0.3) is 0 Å². The van der Waals surface area contributed by atoms with E-state index in [-0.39, 0.29) is 15.0 Å². The van der Waals surface area contributed by atoms with Gasteiger partial charge in [0.05, 0.1) is 0 Å². The minimum atomic E-state index is -3.55. The monoisotopic (exact) mass is 399 g/mol. The molecular formula is C17H21NO3SSe. The van der Waals surface area contributed by atoms with Crippen molar-refractivity contribution >= 4 is 33.9 Å². The summed E-state index contributed by atoms with van der Waals surface area (Å²) in [5.41, 5.74) is -0.519. The summed E-state index contributed by atoms with van der Waals surface area (Å²) < 4.78 is 35.2. The van der Waals surface area contributed by atoms with Gasteiger partial charge in [-0.2, -0.15) is 0 Å². The first-order chi connectivity index (χ1) is 10.7. The summed E-state index contributed by atoms with van der Waals surface area (Å²) in [4.78, 5) is 0.345. The molecular weight excluding hydrogens is 377 g/mol. The van der Waals surface area contributed by atoms with E-state index in [4.69, 9.17) is 4.74 Å². The van der Waals surface area contributed by atoms with Gasteiger partial charge in [0.15, 0.2) is 0 Å². The average molecular weight is 398 g/mol. The molecule has 0 aromatic heterocycles. The number of rotatable bonds is 5. The Morgan fingerprint density at radius 1 is 1.04 bits per heavy atom. The fourth-order valence-electron chi connectivity index (χ4n) is 2.01. The molecule has 0 heterocycles. The van der Waals surface area contributed by atoms with Crippen LogP contribution < -0.4 is 18.4 Å². The zero-order valence-corrected chi connectivity index (χ0v) is 16.2. The molecule has 23 heavy (non-hydrogen) atoms. The fourth-order valence-corrected chi connectivity index (χ4v) is 6.29. The van der Waals surface area contributed by atoms with E-state index in [9.17, 15) is 8.42 Å². The minimum absolute atomic E-state index is 0.127. The van der Waals surface area contributed by atoms with E-state index in [1.165, 1.54) is 0 Å². The molecule has 0 aliphatic rings. The molecule has 1 N–H and O–H groups in total. The molecule has 0 bridgehead atoms. The molecule has 4 nitrogen and oxygen atoms in total. The topological polar surface area (TPSA) is 55.4 Å². The Hall–Kier alpha value is -1.33. The van der Waals surface area contributed by atoms with Gasteiger partial charge in [-0.3, -0.25) is 0 Å². The van der Waals surface area contributed by atoms with Gasteiger partial charge in [-0.15, -0.1) is 0 Å². The number of hydrogen-bond donors (Lipinski definition) is 1. The van der Waals surface area contributed by atoms with Crippen molar-refractivity contribution in [2.45, 2.75) is 31.2 Å². The predicted molar refractivity (Wildman–Crippen MR) is 94.5 cm³/mol. The SMILES string of the molecule is COc1cccc([Se]c2ccccc2S(=O)(=O)NC(C)(C)C)c1. The first-order valence-corrected chi connectivity index (χ1v) is 10.4. The van der Waals surface area contributed by atoms with E-state index < -0.39 is 15.6 Å². The summed E-state index contributed by atoms with van der Waals surface area (Å²) in [5.74, 6) is 0.775.